The molecule has 1 heterocycles. The van der Waals surface area contributed by atoms with Crippen molar-refractivity contribution >= 4 is 12.1 Å². The summed E-state index contributed by atoms with van der Waals surface area (Å²) < 4.78 is 9.30. The van der Waals surface area contributed by atoms with Crippen LogP contribution < -0.4 is 0 Å². The lowest BCUT2D eigenvalue weighted by molar-refractivity contribution is -0.158. The summed E-state index contributed by atoms with van der Waals surface area (Å²) in [5, 5.41) is 8.64. The lowest BCUT2D eigenvalue weighted by atomic mass is 10.1. The van der Waals surface area contributed by atoms with E-state index in [9.17, 15) is 9.59 Å². The molecule has 6 nitrogen and oxygen atoms in total. The first-order valence-corrected chi connectivity index (χ1v) is 4.28. The maximum Gasteiger partial charge on any atom is 0.407 e. The van der Waals surface area contributed by atoms with Crippen LogP contribution in [0.3, 0.4) is 0 Å². The zero-order valence-electron chi connectivity index (χ0n) is 7.93. The van der Waals surface area contributed by atoms with Crippen molar-refractivity contribution in [2.45, 2.75) is 6.42 Å². The third-order valence-electron chi connectivity index (χ3n) is 2.11. The van der Waals surface area contributed by atoms with Gasteiger partial charge in [0, 0.05) is 20.2 Å². The monoisotopic (exact) mass is 203 g/mol. The summed E-state index contributed by atoms with van der Waals surface area (Å²) in [5.41, 5.74) is 0. The van der Waals surface area contributed by atoms with Gasteiger partial charge in [-0.3, -0.25) is 4.79 Å². The Bertz CT molecular complexity index is 230. The highest BCUT2D eigenvalue weighted by atomic mass is 16.7. The smallest absolute Gasteiger partial charge is 0.407 e. The number of hydrogen-bond acceptors (Lipinski definition) is 4. The van der Waals surface area contributed by atoms with Gasteiger partial charge in [-0.05, 0) is 6.42 Å². The Morgan fingerprint density at radius 3 is 2.79 bits per heavy atom. The molecule has 1 atom stereocenters. The van der Waals surface area contributed by atoms with Crippen LogP contribution in [-0.4, -0.2) is 49.1 Å². The standard InChI is InChI=1S/C8H13NO5/c1-13-5-14-7(10)6-2-3-9(4-6)8(11)12/h6H,2-5H2,1H3,(H,11,12). The van der Waals surface area contributed by atoms with Gasteiger partial charge >= 0.3 is 12.1 Å². The zero-order chi connectivity index (χ0) is 10.6. The minimum atomic E-state index is -0.993. The summed E-state index contributed by atoms with van der Waals surface area (Å²) in [6.45, 7) is 0.530. The number of nitrogens with zero attached hydrogens (tertiary/aromatic N) is 1. The summed E-state index contributed by atoms with van der Waals surface area (Å²) in [6, 6.07) is 0. The molecule has 0 aromatic carbocycles. The van der Waals surface area contributed by atoms with Gasteiger partial charge < -0.3 is 19.5 Å². The van der Waals surface area contributed by atoms with E-state index < -0.39 is 12.1 Å². The predicted octanol–water partition coefficient (Wildman–Crippen LogP) is 0.133. The maximum absolute atomic E-state index is 11.3. The van der Waals surface area contributed by atoms with Crippen LogP contribution in [-0.2, 0) is 14.3 Å². The lowest BCUT2D eigenvalue weighted by Gasteiger charge is -2.11. The summed E-state index contributed by atoms with van der Waals surface area (Å²) >= 11 is 0. The Morgan fingerprint density at radius 2 is 2.29 bits per heavy atom. The quantitative estimate of drug-likeness (QED) is 0.521. The number of amides is 1. The van der Waals surface area contributed by atoms with Crippen LogP contribution in [0.4, 0.5) is 4.79 Å². The Balaban J connectivity index is 2.34. The zero-order valence-corrected chi connectivity index (χ0v) is 7.93. The number of likely N-dealkylation sites (tertiary alicyclic amines) is 1. The molecule has 1 saturated heterocycles. The van der Waals surface area contributed by atoms with Gasteiger partial charge in [0.2, 0.25) is 0 Å². The molecule has 1 unspecified atom stereocenters. The number of methoxy groups -OCH3 is 1. The van der Waals surface area contributed by atoms with Crippen LogP contribution in [0.15, 0.2) is 0 Å². The molecule has 1 fully saturated rings. The third-order valence-corrected chi connectivity index (χ3v) is 2.11. The molecule has 0 aromatic rings. The minimum Gasteiger partial charge on any atom is -0.465 e. The van der Waals surface area contributed by atoms with E-state index in [0.29, 0.717) is 13.0 Å². The van der Waals surface area contributed by atoms with Crippen molar-refractivity contribution in [3.8, 4) is 0 Å². The molecular weight excluding hydrogens is 190 g/mol. The summed E-state index contributed by atoms with van der Waals surface area (Å²) in [4.78, 5) is 23.0. The summed E-state index contributed by atoms with van der Waals surface area (Å²) in [5.74, 6) is -0.739. The molecule has 0 radical (unpaired) electrons. The molecule has 1 aliphatic rings. The number of hydrogen-bond donors (Lipinski definition) is 1. The van der Waals surface area contributed by atoms with E-state index in [2.05, 4.69) is 4.74 Å². The van der Waals surface area contributed by atoms with Crippen molar-refractivity contribution in [2.24, 2.45) is 5.92 Å². The number of rotatable bonds is 3. The van der Waals surface area contributed by atoms with Gasteiger partial charge in [-0.25, -0.2) is 4.79 Å². The molecule has 0 spiro atoms. The minimum absolute atomic E-state index is 0.0809. The van der Waals surface area contributed by atoms with Crippen molar-refractivity contribution in [1.29, 1.82) is 0 Å². The van der Waals surface area contributed by atoms with Crippen LogP contribution in [0.5, 0.6) is 0 Å². The predicted molar refractivity (Wildman–Crippen MR) is 45.7 cm³/mol. The second-order valence-electron chi connectivity index (χ2n) is 3.08. The molecule has 1 amide bonds. The van der Waals surface area contributed by atoms with E-state index in [4.69, 9.17) is 9.84 Å². The van der Waals surface area contributed by atoms with Gasteiger partial charge in [0.1, 0.15) is 0 Å². The van der Waals surface area contributed by atoms with Crippen LogP contribution in [0.1, 0.15) is 6.42 Å². The molecule has 0 bridgehead atoms. The molecule has 1 aliphatic heterocycles. The van der Waals surface area contributed by atoms with E-state index in [0.717, 1.165) is 0 Å². The van der Waals surface area contributed by atoms with Crippen molar-refractivity contribution in [1.82, 2.24) is 4.90 Å². The van der Waals surface area contributed by atoms with Gasteiger partial charge in [-0.15, -0.1) is 0 Å². The van der Waals surface area contributed by atoms with Crippen molar-refractivity contribution in [3.05, 3.63) is 0 Å². The molecule has 0 saturated carbocycles. The first-order valence-electron chi connectivity index (χ1n) is 4.28. The number of carboxylic acid groups (broad SMARTS) is 1. The Morgan fingerprint density at radius 1 is 1.57 bits per heavy atom. The maximum atomic E-state index is 11.3. The first-order chi connectivity index (χ1) is 6.65. The first kappa shape index (κ1) is 10.8. The van der Waals surface area contributed by atoms with Crippen LogP contribution >= 0.6 is 0 Å². The van der Waals surface area contributed by atoms with Gasteiger partial charge in [0.25, 0.3) is 0 Å². The highest BCUT2D eigenvalue weighted by Gasteiger charge is 2.31. The molecular formula is C8H13NO5. The molecule has 0 aromatic heterocycles. The average Bonchev–Trinajstić information content (AvgIpc) is 2.62. The van der Waals surface area contributed by atoms with E-state index >= 15 is 0 Å². The van der Waals surface area contributed by atoms with Crippen molar-refractivity contribution in [3.63, 3.8) is 0 Å². The Kier molecular flexibility index (Phi) is 3.70. The number of esters is 1. The van der Waals surface area contributed by atoms with E-state index in [1.54, 1.807) is 0 Å². The molecule has 0 aliphatic carbocycles. The number of carbonyl (C=O) groups excluding carboxylic acids is 1. The Labute approximate surface area is 81.4 Å². The molecule has 1 rings (SSSR count). The van der Waals surface area contributed by atoms with E-state index in [1.807, 2.05) is 0 Å². The average molecular weight is 203 g/mol. The Hall–Kier alpha value is -1.30. The SMILES string of the molecule is COCOC(=O)C1CCN(C(=O)O)C1. The largest absolute Gasteiger partial charge is 0.465 e. The van der Waals surface area contributed by atoms with Crippen LogP contribution in [0, 0.1) is 5.92 Å². The highest BCUT2D eigenvalue weighted by molar-refractivity contribution is 5.75. The van der Waals surface area contributed by atoms with Gasteiger partial charge in [-0.2, -0.15) is 0 Å². The van der Waals surface area contributed by atoms with E-state index in [1.165, 1.54) is 12.0 Å². The van der Waals surface area contributed by atoms with Gasteiger partial charge in [0.15, 0.2) is 6.79 Å². The molecule has 14 heavy (non-hydrogen) atoms. The second-order valence-corrected chi connectivity index (χ2v) is 3.08. The highest BCUT2D eigenvalue weighted by Crippen LogP contribution is 2.17. The normalized spacial score (nSPS) is 20.9. The van der Waals surface area contributed by atoms with Crippen LogP contribution in [0.25, 0.3) is 0 Å². The second kappa shape index (κ2) is 4.80. The van der Waals surface area contributed by atoms with Gasteiger partial charge in [-0.1, -0.05) is 0 Å². The fourth-order valence-corrected chi connectivity index (χ4v) is 1.36. The molecule has 6 heteroatoms. The van der Waals surface area contributed by atoms with Crippen molar-refractivity contribution < 1.29 is 24.2 Å². The molecule has 80 valence electrons. The summed E-state index contributed by atoms with van der Waals surface area (Å²) in [6.07, 6.45) is -0.471. The topological polar surface area (TPSA) is 76.1 Å². The fourth-order valence-electron chi connectivity index (χ4n) is 1.36. The lowest BCUT2D eigenvalue weighted by Crippen LogP contribution is -2.28. The fraction of sp³-hybridized carbons (Fsp3) is 0.750. The van der Waals surface area contributed by atoms with E-state index in [-0.39, 0.29) is 19.3 Å². The molecule has 1 N–H and O–H groups in total. The van der Waals surface area contributed by atoms with Crippen molar-refractivity contribution in [2.75, 3.05) is 27.0 Å². The van der Waals surface area contributed by atoms with Crippen LogP contribution in [0.2, 0.25) is 0 Å². The third kappa shape index (κ3) is 2.59. The van der Waals surface area contributed by atoms with Gasteiger partial charge in [0.05, 0.1) is 5.92 Å². The number of carbonyl (C=O) groups is 2. The summed E-state index contributed by atoms with van der Waals surface area (Å²) in [7, 11) is 1.42. The number of ether oxygens (including phenoxy) is 2.